The smallest absolute Gasteiger partial charge is 0.223 e. The molecule has 5 rings (SSSR count). The molecule has 4 aromatic rings. The minimum Gasteiger partial charge on any atom is -0.450 e. The van der Waals surface area contributed by atoms with Crippen molar-refractivity contribution in [3.63, 3.8) is 0 Å². The van der Waals surface area contributed by atoms with Crippen LogP contribution in [-0.2, 0) is 6.42 Å². The summed E-state index contributed by atoms with van der Waals surface area (Å²) in [4.78, 5) is 15.6. The molecule has 26 heavy (non-hydrogen) atoms. The van der Waals surface area contributed by atoms with Crippen LogP contribution in [0.15, 0.2) is 39.5 Å². The molecule has 132 valence electrons. The summed E-state index contributed by atoms with van der Waals surface area (Å²) in [6.07, 6.45) is 4.71. The summed E-state index contributed by atoms with van der Waals surface area (Å²) in [6.45, 7) is 3.69. The van der Waals surface area contributed by atoms with Crippen LogP contribution in [0.25, 0.3) is 22.1 Å². The molecule has 1 atom stereocenters. The molecule has 0 aliphatic carbocycles. The maximum Gasteiger partial charge on any atom is 0.223 e. The largest absolute Gasteiger partial charge is 0.450 e. The number of nitrogens with zero attached hydrogens (tertiary/aromatic N) is 5. The van der Waals surface area contributed by atoms with Gasteiger partial charge in [-0.25, -0.2) is 9.97 Å². The van der Waals surface area contributed by atoms with Gasteiger partial charge in [0.05, 0.1) is 0 Å². The minimum absolute atomic E-state index is 0.468. The van der Waals surface area contributed by atoms with Crippen LogP contribution in [0.2, 0.25) is 0 Å². The Balaban J connectivity index is 1.47. The topological polar surface area (TPSA) is 81.1 Å². The first-order chi connectivity index (χ1) is 12.8. The lowest BCUT2D eigenvalue weighted by molar-refractivity contribution is 0.369. The van der Waals surface area contributed by atoms with Gasteiger partial charge in [0.1, 0.15) is 17.4 Å². The van der Waals surface area contributed by atoms with Gasteiger partial charge in [-0.15, -0.1) is 0 Å². The third-order valence-electron chi connectivity index (χ3n) is 5.00. The van der Waals surface area contributed by atoms with E-state index in [4.69, 9.17) is 8.94 Å². The Hall–Kier alpha value is -2.96. The Bertz CT molecular complexity index is 1070. The van der Waals surface area contributed by atoms with Crippen LogP contribution < -0.4 is 4.90 Å². The predicted molar refractivity (Wildman–Crippen MR) is 97.0 cm³/mol. The maximum atomic E-state index is 6.09. The van der Waals surface area contributed by atoms with E-state index in [0.717, 1.165) is 66.1 Å². The number of benzene rings is 1. The molecule has 3 aromatic heterocycles. The highest BCUT2D eigenvalue weighted by molar-refractivity contribution is 6.05. The lowest BCUT2D eigenvalue weighted by Crippen LogP contribution is -2.37. The van der Waals surface area contributed by atoms with Gasteiger partial charge in [-0.05, 0) is 30.9 Å². The number of rotatable bonds is 3. The molecule has 0 N–H and O–H groups in total. The molecule has 1 unspecified atom stereocenters. The predicted octanol–water partition coefficient (Wildman–Crippen LogP) is 3.53. The normalized spacial score (nSPS) is 18.0. The maximum absolute atomic E-state index is 6.09. The fraction of sp³-hybridized carbons (Fsp3) is 0.368. The first-order valence-electron chi connectivity index (χ1n) is 8.94. The van der Waals surface area contributed by atoms with Crippen molar-refractivity contribution in [3.05, 3.63) is 42.3 Å². The van der Waals surface area contributed by atoms with Crippen molar-refractivity contribution in [2.24, 2.45) is 5.92 Å². The quantitative estimate of drug-likeness (QED) is 0.559. The molecule has 1 aliphatic heterocycles. The molecular formula is C19H19N5O2. The summed E-state index contributed by atoms with van der Waals surface area (Å²) in [7, 11) is 0. The Labute approximate surface area is 150 Å². The van der Waals surface area contributed by atoms with Gasteiger partial charge in [0, 0.05) is 31.8 Å². The number of piperidine rings is 1. The van der Waals surface area contributed by atoms with E-state index in [1.807, 2.05) is 31.2 Å². The average Bonchev–Trinajstić information content (AvgIpc) is 3.25. The Morgan fingerprint density at radius 3 is 3.04 bits per heavy atom. The van der Waals surface area contributed by atoms with Crippen molar-refractivity contribution in [1.82, 2.24) is 20.1 Å². The molecule has 0 amide bonds. The number of anilines is 1. The van der Waals surface area contributed by atoms with Gasteiger partial charge in [0.15, 0.2) is 17.2 Å². The van der Waals surface area contributed by atoms with E-state index < -0.39 is 0 Å². The van der Waals surface area contributed by atoms with Gasteiger partial charge in [-0.1, -0.05) is 17.3 Å². The second kappa shape index (κ2) is 6.09. The molecule has 1 saturated heterocycles. The van der Waals surface area contributed by atoms with Gasteiger partial charge in [-0.2, -0.15) is 4.98 Å². The van der Waals surface area contributed by atoms with Crippen LogP contribution >= 0.6 is 0 Å². The van der Waals surface area contributed by atoms with Crippen molar-refractivity contribution >= 4 is 27.9 Å². The third kappa shape index (κ3) is 2.60. The number of hydrogen-bond acceptors (Lipinski definition) is 7. The SMILES string of the molecule is Cc1nc(CC2CCCN(c3ncnc4c3oc3ccccc34)C2)no1. The summed E-state index contributed by atoms with van der Waals surface area (Å²) < 4.78 is 11.2. The Morgan fingerprint density at radius 2 is 2.15 bits per heavy atom. The highest BCUT2D eigenvalue weighted by Gasteiger charge is 2.25. The van der Waals surface area contributed by atoms with Crippen LogP contribution in [-0.4, -0.2) is 33.2 Å². The van der Waals surface area contributed by atoms with Crippen molar-refractivity contribution in [2.75, 3.05) is 18.0 Å². The summed E-state index contributed by atoms with van der Waals surface area (Å²) in [6, 6.07) is 7.98. The molecule has 1 aliphatic rings. The number of fused-ring (bicyclic) bond motifs is 3. The average molecular weight is 349 g/mol. The molecule has 7 heteroatoms. The van der Waals surface area contributed by atoms with Crippen LogP contribution in [0, 0.1) is 12.8 Å². The fourth-order valence-electron chi connectivity index (χ4n) is 3.84. The minimum atomic E-state index is 0.468. The van der Waals surface area contributed by atoms with Gasteiger partial charge in [0.2, 0.25) is 5.89 Å². The van der Waals surface area contributed by atoms with Gasteiger partial charge < -0.3 is 13.8 Å². The zero-order chi connectivity index (χ0) is 17.5. The molecule has 0 bridgehead atoms. The van der Waals surface area contributed by atoms with Crippen molar-refractivity contribution in [1.29, 1.82) is 0 Å². The monoisotopic (exact) mass is 349 g/mol. The van der Waals surface area contributed by atoms with Gasteiger partial charge in [0.25, 0.3) is 0 Å². The number of aryl methyl sites for hydroxylation is 1. The van der Waals surface area contributed by atoms with E-state index in [1.54, 1.807) is 6.33 Å². The summed E-state index contributed by atoms with van der Waals surface area (Å²) in [5.74, 6) is 2.74. The number of aromatic nitrogens is 4. The van der Waals surface area contributed by atoms with Gasteiger partial charge in [-0.3, -0.25) is 0 Å². The second-order valence-electron chi connectivity index (χ2n) is 6.86. The van der Waals surface area contributed by atoms with Crippen LogP contribution in [0.5, 0.6) is 0 Å². The van der Waals surface area contributed by atoms with E-state index in [2.05, 4.69) is 25.0 Å². The number of para-hydroxylation sites is 1. The molecule has 0 saturated carbocycles. The van der Waals surface area contributed by atoms with Crippen molar-refractivity contribution in [2.45, 2.75) is 26.2 Å². The standard InChI is InChI=1S/C19H19N5O2/c1-12-22-16(23-26-12)9-13-5-4-8-24(10-13)19-18-17(20-11-21-19)14-6-2-3-7-15(14)25-18/h2-3,6-7,11,13H,4-5,8-10H2,1H3. The summed E-state index contributed by atoms with van der Waals surface area (Å²) in [5, 5.41) is 5.07. The summed E-state index contributed by atoms with van der Waals surface area (Å²) in [5.41, 5.74) is 2.49. The van der Waals surface area contributed by atoms with E-state index >= 15 is 0 Å². The molecule has 1 fully saturated rings. The molecule has 7 nitrogen and oxygen atoms in total. The second-order valence-corrected chi connectivity index (χ2v) is 6.86. The molecule has 1 aromatic carbocycles. The first kappa shape index (κ1) is 15.3. The fourth-order valence-corrected chi connectivity index (χ4v) is 3.84. The number of furan rings is 1. The molecule has 0 radical (unpaired) electrons. The lowest BCUT2D eigenvalue weighted by Gasteiger charge is -2.32. The third-order valence-corrected chi connectivity index (χ3v) is 5.00. The molecular weight excluding hydrogens is 330 g/mol. The Kier molecular flexibility index (Phi) is 3.58. The van der Waals surface area contributed by atoms with E-state index in [-0.39, 0.29) is 0 Å². The van der Waals surface area contributed by atoms with E-state index in [0.29, 0.717) is 11.8 Å². The Morgan fingerprint density at radius 1 is 1.23 bits per heavy atom. The molecule has 0 spiro atoms. The number of hydrogen-bond donors (Lipinski definition) is 0. The van der Waals surface area contributed by atoms with Crippen LogP contribution in [0.1, 0.15) is 24.6 Å². The van der Waals surface area contributed by atoms with Crippen LogP contribution in [0.4, 0.5) is 5.82 Å². The van der Waals surface area contributed by atoms with Crippen molar-refractivity contribution in [3.8, 4) is 0 Å². The van der Waals surface area contributed by atoms with Gasteiger partial charge >= 0.3 is 0 Å². The summed E-state index contributed by atoms with van der Waals surface area (Å²) >= 11 is 0. The highest BCUT2D eigenvalue weighted by atomic mass is 16.5. The van der Waals surface area contributed by atoms with E-state index in [9.17, 15) is 0 Å². The molecule has 4 heterocycles. The first-order valence-corrected chi connectivity index (χ1v) is 8.94. The zero-order valence-corrected chi connectivity index (χ0v) is 14.6. The highest BCUT2D eigenvalue weighted by Crippen LogP contribution is 2.34. The lowest BCUT2D eigenvalue weighted by atomic mass is 9.94. The van der Waals surface area contributed by atoms with Crippen LogP contribution in [0.3, 0.4) is 0 Å². The van der Waals surface area contributed by atoms with Crippen molar-refractivity contribution < 1.29 is 8.94 Å². The zero-order valence-electron chi connectivity index (χ0n) is 14.6. The van der Waals surface area contributed by atoms with E-state index in [1.165, 1.54) is 0 Å².